The normalized spacial score (nSPS) is 17.2. The van der Waals surface area contributed by atoms with Gasteiger partial charge in [-0.15, -0.1) is 10.2 Å². The first-order chi connectivity index (χ1) is 16.0. The van der Waals surface area contributed by atoms with Gasteiger partial charge in [-0.05, 0) is 17.7 Å². The fourth-order valence-electron chi connectivity index (χ4n) is 3.44. The molecule has 1 aliphatic rings. The molecule has 0 fully saturated rings. The Balaban J connectivity index is 1.68. The lowest BCUT2D eigenvalue weighted by molar-refractivity contribution is -0.125. The molecular weight excluding hydrogens is 444 g/mol. The molecule has 0 saturated carbocycles. The lowest BCUT2D eigenvalue weighted by Gasteiger charge is -2.31. The summed E-state index contributed by atoms with van der Waals surface area (Å²) in [6, 6.07) is 15.6. The number of aromatic nitrogens is 3. The first kappa shape index (κ1) is 22.5. The third-order valence-electron chi connectivity index (χ3n) is 5.08. The largest absolute Gasteiger partial charge is 0.497 e. The molecule has 0 aliphatic carbocycles. The zero-order valence-electron chi connectivity index (χ0n) is 17.7. The standard InChI is InChI=1S/C22H22N6O4S/c1-32-15-9-7-13(8-10-15)19-18(25-17(30)12-24-16(29)11-23)21(31)28-20(26-27-22(28)33-19)14-5-3-2-4-6-14/h2-10,18-19H,11-12,23H2,1H3,(H,24,29)(H,25,30)/t18-,19+/m0/s1. The van der Waals surface area contributed by atoms with Crippen molar-refractivity contribution >= 4 is 29.5 Å². The van der Waals surface area contributed by atoms with Crippen molar-refractivity contribution in [1.82, 2.24) is 25.4 Å². The molecule has 0 saturated heterocycles. The van der Waals surface area contributed by atoms with Crippen molar-refractivity contribution in [3.05, 3.63) is 60.2 Å². The lowest BCUT2D eigenvalue weighted by atomic mass is 10.0. The molecule has 4 rings (SSSR count). The number of methoxy groups -OCH3 is 1. The Kier molecular flexibility index (Phi) is 6.71. The Morgan fingerprint density at radius 1 is 1.09 bits per heavy atom. The highest BCUT2D eigenvalue weighted by molar-refractivity contribution is 7.99. The molecule has 11 heteroatoms. The van der Waals surface area contributed by atoms with Crippen molar-refractivity contribution in [1.29, 1.82) is 0 Å². The Morgan fingerprint density at radius 2 is 1.82 bits per heavy atom. The average molecular weight is 467 g/mol. The fraction of sp³-hybridized carbons (Fsp3) is 0.227. The maximum Gasteiger partial charge on any atom is 0.258 e. The van der Waals surface area contributed by atoms with Gasteiger partial charge in [-0.2, -0.15) is 0 Å². The van der Waals surface area contributed by atoms with Crippen LogP contribution in [0.25, 0.3) is 11.4 Å². The summed E-state index contributed by atoms with van der Waals surface area (Å²) in [5, 5.41) is 13.6. The molecule has 3 aromatic rings. The van der Waals surface area contributed by atoms with Gasteiger partial charge in [0.2, 0.25) is 11.8 Å². The summed E-state index contributed by atoms with van der Waals surface area (Å²) in [4.78, 5) is 37.6. The summed E-state index contributed by atoms with van der Waals surface area (Å²) in [5.41, 5.74) is 6.81. The van der Waals surface area contributed by atoms with Gasteiger partial charge in [0.1, 0.15) is 11.8 Å². The first-order valence-electron chi connectivity index (χ1n) is 10.1. The highest BCUT2D eigenvalue weighted by Gasteiger charge is 2.41. The van der Waals surface area contributed by atoms with Gasteiger partial charge in [-0.3, -0.25) is 14.4 Å². The molecule has 0 radical (unpaired) electrons. The molecule has 2 heterocycles. The lowest BCUT2D eigenvalue weighted by Crippen LogP contribution is -2.51. The van der Waals surface area contributed by atoms with Crippen LogP contribution in [-0.4, -0.2) is 58.7 Å². The summed E-state index contributed by atoms with van der Waals surface area (Å²) in [6.45, 7) is -0.523. The van der Waals surface area contributed by atoms with Crippen molar-refractivity contribution in [2.45, 2.75) is 16.4 Å². The number of hydrogen-bond acceptors (Lipinski definition) is 8. The first-order valence-corrected chi connectivity index (χ1v) is 11.0. The van der Waals surface area contributed by atoms with Crippen LogP contribution in [0.4, 0.5) is 0 Å². The Labute approximate surface area is 193 Å². The molecule has 2 amide bonds. The van der Waals surface area contributed by atoms with Gasteiger partial charge in [-0.1, -0.05) is 54.2 Å². The molecule has 33 heavy (non-hydrogen) atoms. The SMILES string of the molecule is COc1ccc([C@H]2Sc3nnc(-c4ccccc4)n3C(=O)[C@H]2NC(=O)CNC(=O)CN)cc1. The monoisotopic (exact) mass is 466 g/mol. The molecule has 4 N–H and O–H groups in total. The third-order valence-corrected chi connectivity index (χ3v) is 6.35. The molecule has 170 valence electrons. The van der Waals surface area contributed by atoms with Crippen molar-refractivity contribution in [3.8, 4) is 17.1 Å². The minimum absolute atomic E-state index is 0.232. The second-order valence-electron chi connectivity index (χ2n) is 7.18. The van der Waals surface area contributed by atoms with Gasteiger partial charge in [0.15, 0.2) is 11.0 Å². The number of benzene rings is 2. The minimum atomic E-state index is -0.920. The van der Waals surface area contributed by atoms with Crippen LogP contribution in [0.2, 0.25) is 0 Å². The molecule has 0 spiro atoms. The zero-order valence-corrected chi connectivity index (χ0v) is 18.5. The van der Waals surface area contributed by atoms with E-state index in [0.717, 1.165) is 11.1 Å². The highest BCUT2D eigenvalue weighted by Crippen LogP contribution is 2.43. The van der Waals surface area contributed by atoms with Crippen molar-refractivity contribution in [2.24, 2.45) is 5.73 Å². The third kappa shape index (κ3) is 4.73. The van der Waals surface area contributed by atoms with E-state index in [-0.39, 0.29) is 19.0 Å². The van der Waals surface area contributed by atoms with Gasteiger partial charge in [-0.25, -0.2) is 4.57 Å². The van der Waals surface area contributed by atoms with E-state index in [1.54, 1.807) is 19.2 Å². The van der Waals surface area contributed by atoms with E-state index in [9.17, 15) is 14.4 Å². The predicted octanol–water partition coefficient (Wildman–Crippen LogP) is 1.00. The summed E-state index contributed by atoms with van der Waals surface area (Å²) < 4.78 is 6.64. The Morgan fingerprint density at radius 3 is 2.48 bits per heavy atom. The number of fused-ring (bicyclic) bond motifs is 1. The van der Waals surface area contributed by atoms with Crippen molar-refractivity contribution in [2.75, 3.05) is 20.2 Å². The number of rotatable bonds is 7. The molecule has 0 bridgehead atoms. The fourth-order valence-corrected chi connectivity index (χ4v) is 4.65. The van der Waals surface area contributed by atoms with E-state index in [4.69, 9.17) is 10.5 Å². The summed E-state index contributed by atoms with van der Waals surface area (Å²) >= 11 is 1.33. The van der Waals surface area contributed by atoms with Crippen LogP contribution in [0.3, 0.4) is 0 Å². The number of nitrogens with zero attached hydrogens (tertiary/aromatic N) is 3. The molecular formula is C22H22N6O4S. The van der Waals surface area contributed by atoms with E-state index in [2.05, 4.69) is 20.8 Å². The second kappa shape index (κ2) is 9.84. The molecule has 2 atom stereocenters. The van der Waals surface area contributed by atoms with Gasteiger partial charge >= 0.3 is 0 Å². The maximum absolute atomic E-state index is 13.6. The number of amides is 2. The van der Waals surface area contributed by atoms with E-state index in [1.807, 2.05) is 42.5 Å². The van der Waals surface area contributed by atoms with Gasteiger partial charge < -0.3 is 21.1 Å². The van der Waals surface area contributed by atoms with Crippen LogP contribution in [-0.2, 0) is 9.59 Å². The number of thioether (sulfide) groups is 1. The average Bonchev–Trinajstić information content (AvgIpc) is 3.29. The molecule has 1 aliphatic heterocycles. The number of carbonyl (C=O) groups is 3. The van der Waals surface area contributed by atoms with Crippen LogP contribution in [0, 0.1) is 0 Å². The Bertz CT molecular complexity index is 1170. The Hall–Kier alpha value is -3.70. The van der Waals surface area contributed by atoms with E-state index >= 15 is 0 Å². The number of ether oxygens (including phenoxy) is 1. The summed E-state index contributed by atoms with van der Waals surface area (Å²) in [7, 11) is 1.57. The van der Waals surface area contributed by atoms with Crippen LogP contribution >= 0.6 is 11.8 Å². The number of carbonyl (C=O) groups excluding carboxylic acids is 3. The minimum Gasteiger partial charge on any atom is -0.497 e. The molecule has 2 aromatic carbocycles. The summed E-state index contributed by atoms with van der Waals surface area (Å²) in [6.07, 6.45) is 0. The number of nitrogens with one attached hydrogen (secondary N) is 2. The van der Waals surface area contributed by atoms with Crippen molar-refractivity contribution < 1.29 is 19.1 Å². The van der Waals surface area contributed by atoms with Crippen LogP contribution in [0.5, 0.6) is 5.75 Å². The van der Waals surface area contributed by atoms with Crippen molar-refractivity contribution in [3.63, 3.8) is 0 Å². The van der Waals surface area contributed by atoms with Gasteiger partial charge in [0.05, 0.1) is 25.4 Å². The van der Waals surface area contributed by atoms with E-state index in [0.29, 0.717) is 16.7 Å². The highest BCUT2D eigenvalue weighted by atomic mass is 32.2. The topological polar surface area (TPSA) is 141 Å². The van der Waals surface area contributed by atoms with Crippen LogP contribution < -0.4 is 21.1 Å². The zero-order chi connectivity index (χ0) is 23.4. The quantitative estimate of drug-likeness (QED) is 0.468. The second-order valence-corrected chi connectivity index (χ2v) is 8.29. The number of nitrogens with two attached hydrogens (primary N) is 1. The van der Waals surface area contributed by atoms with Gasteiger partial charge in [0.25, 0.3) is 5.91 Å². The van der Waals surface area contributed by atoms with E-state index < -0.39 is 23.1 Å². The molecule has 0 unspecified atom stereocenters. The smallest absolute Gasteiger partial charge is 0.258 e. The van der Waals surface area contributed by atoms with Crippen LogP contribution in [0.1, 0.15) is 15.6 Å². The van der Waals surface area contributed by atoms with Crippen LogP contribution in [0.15, 0.2) is 59.8 Å². The molecule has 1 aromatic heterocycles. The predicted molar refractivity (Wildman–Crippen MR) is 122 cm³/mol. The summed E-state index contributed by atoms with van der Waals surface area (Å²) in [5.74, 6) is -0.273. The van der Waals surface area contributed by atoms with Gasteiger partial charge in [0, 0.05) is 5.56 Å². The maximum atomic E-state index is 13.6. The molecule has 10 nitrogen and oxygen atoms in total. The number of hydrogen-bond donors (Lipinski definition) is 3. The van der Waals surface area contributed by atoms with E-state index in [1.165, 1.54) is 16.3 Å².